The van der Waals surface area contributed by atoms with Gasteiger partial charge in [0.15, 0.2) is 0 Å². The molecule has 4 unspecified atom stereocenters. The highest BCUT2D eigenvalue weighted by Gasteiger charge is 2.51. The second-order valence-corrected chi connectivity index (χ2v) is 3.66. The Kier molecular flexibility index (Phi) is 0.968. The Morgan fingerprint density at radius 1 is 0.900 bits per heavy atom. The van der Waals surface area contributed by atoms with Crippen molar-refractivity contribution in [2.75, 3.05) is 13.2 Å². The summed E-state index contributed by atoms with van der Waals surface area (Å²) in [5, 5.41) is 0. The lowest BCUT2D eigenvalue weighted by Gasteiger charge is -2.17. The number of rotatable bonds is 0. The smallest absolute Gasteiger partial charge is 0.0634 e. The summed E-state index contributed by atoms with van der Waals surface area (Å²) in [7, 11) is 0. The summed E-state index contributed by atoms with van der Waals surface area (Å²) in [6, 6.07) is 0. The van der Waals surface area contributed by atoms with E-state index in [1.54, 1.807) is 0 Å². The van der Waals surface area contributed by atoms with Gasteiger partial charge in [-0.15, -0.1) is 0 Å². The summed E-state index contributed by atoms with van der Waals surface area (Å²) in [6.07, 6.45) is 3.71. The van der Waals surface area contributed by atoms with E-state index in [1.807, 2.05) is 0 Å². The first-order valence-electron chi connectivity index (χ1n) is 4.18. The Morgan fingerprint density at radius 2 is 1.50 bits per heavy atom. The molecule has 3 aliphatic rings. The van der Waals surface area contributed by atoms with Crippen LogP contribution in [0.2, 0.25) is 0 Å². The molecular weight excluding hydrogens is 128 g/mol. The van der Waals surface area contributed by atoms with Gasteiger partial charge in [0.05, 0.1) is 25.4 Å². The second kappa shape index (κ2) is 1.74. The molecule has 3 heterocycles. The number of ether oxygens (including phenoxy) is 2. The van der Waals surface area contributed by atoms with E-state index in [4.69, 9.17) is 9.47 Å². The van der Waals surface area contributed by atoms with Crippen molar-refractivity contribution >= 4 is 0 Å². The third kappa shape index (κ3) is 0.523. The van der Waals surface area contributed by atoms with Gasteiger partial charge in [-0.05, 0) is 12.8 Å². The molecule has 4 atom stereocenters. The first-order valence-corrected chi connectivity index (χ1v) is 4.18. The summed E-state index contributed by atoms with van der Waals surface area (Å²) in [5.74, 6) is 1.53. The molecule has 0 aromatic heterocycles. The Morgan fingerprint density at radius 3 is 2.10 bits per heavy atom. The largest absolute Gasteiger partial charge is 0.381 e. The van der Waals surface area contributed by atoms with Crippen LogP contribution in [0, 0.1) is 11.8 Å². The van der Waals surface area contributed by atoms with E-state index >= 15 is 0 Å². The molecule has 0 radical (unpaired) electrons. The zero-order valence-corrected chi connectivity index (χ0v) is 5.95. The zero-order chi connectivity index (χ0) is 6.55. The molecule has 0 aromatic carbocycles. The summed E-state index contributed by atoms with van der Waals surface area (Å²) >= 11 is 0. The molecule has 0 saturated carbocycles. The lowest BCUT2D eigenvalue weighted by atomic mass is 9.82. The van der Waals surface area contributed by atoms with Crippen molar-refractivity contribution in [1.29, 1.82) is 0 Å². The minimum absolute atomic E-state index is 0.567. The highest BCUT2D eigenvalue weighted by molar-refractivity contribution is 4.98. The monoisotopic (exact) mass is 140 g/mol. The molecule has 0 aliphatic carbocycles. The van der Waals surface area contributed by atoms with Crippen LogP contribution in [0.25, 0.3) is 0 Å². The standard InChI is InChI=1S/C8H12O2/c1-2-8-6-4-9-3-5(6)7(1)10-8/h5-8H,1-4H2. The summed E-state index contributed by atoms with van der Waals surface area (Å²) < 4.78 is 11.2. The average molecular weight is 140 g/mol. The molecule has 0 N–H and O–H groups in total. The van der Waals surface area contributed by atoms with Crippen molar-refractivity contribution in [2.24, 2.45) is 11.8 Å². The molecule has 3 fully saturated rings. The molecule has 0 aromatic rings. The predicted molar refractivity (Wildman–Crippen MR) is 35.7 cm³/mol. The van der Waals surface area contributed by atoms with Crippen LogP contribution in [-0.2, 0) is 9.47 Å². The molecule has 3 saturated heterocycles. The normalized spacial score (nSPS) is 57.6. The quantitative estimate of drug-likeness (QED) is 0.495. The second-order valence-electron chi connectivity index (χ2n) is 3.66. The molecule has 56 valence electrons. The van der Waals surface area contributed by atoms with E-state index in [2.05, 4.69) is 0 Å². The SMILES string of the molecule is C1CC2OC1C1COCC21. The predicted octanol–water partition coefficient (Wildman–Crippen LogP) is 0.810. The molecule has 3 aliphatic heterocycles. The highest BCUT2D eigenvalue weighted by Crippen LogP contribution is 2.46. The van der Waals surface area contributed by atoms with Gasteiger partial charge in [-0.1, -0.05) is 0 Å². The van der Waals surface area contributed by atoms with Crippen molar-refractivity contribution in [2.45, 2.75) is 25.0 Å². The van der Waals surface area contributed by atoms with Gasteiger partial charge < -0.3 is 9.47 Å². The van der Waals surface area contributed by atoms with Crippen LogP contribution < -0.4 is 0 Å². The fourth-order valence-corrected chi connectivity index (χ4v) is 2.67. The summed E-state index contributed by atoms with van der Waals surface area (Å²) in [6.45, 7) is 1.93. The third-order valence-electron chi connectivity index (χ3n) is 3.21. The van der Waals surface area contributed by atoms with E-state index in [9.17, 15) is 0 Å². The van der Waals surface area contributed by atoms with Crippen molar-refractivity contribution in [3.8, 4) is 0 Å². The lowest BCUT2D eigenvalue weighted by Crippen LogP contribution is -2.24. The van der Waals surface area contributed by atoms with Crippen LogP contribution in [-0.4, -0.2) is 25.4 Å². The van der Waals surface area contributed by atoms with Gasteiger partial charge in [-0.3, -0.25) is 0 Å². The van der Waals surface area contributed by atoms with Gasteiger partial charge in [0.2, 0.25) is 0 Å². The van der Waals surface area contributed by atoms with E-state index < -0.39 is 0 Å². The maximum absolute atomic E-state index is 5.76. The van der Waals surface area contributed by atoms with Crippen LogP contribution in [0.15, 0.2) is 0 Å². The van der Waals surface area contributed by atoms with Crippen LogP contribution in [0.3, 0.4) is 0 Å². The van der Waals surface area contributed by atoms with E-state index in [0.29, 0.717) is 12.2 Å². The molecule has 3 rings (SSSR count). The molecule has 2 bridgehead atoms. The molecule has 10 heavy (non-hydrogen) atoms. The fraction of sp³-hybridized carbons (Fsp3) is 1.00. The van der Waals surface area contributed by atoms with Crippen LogP contribution in [0.4, 0.5) is 0 Å². The van der Waals surface area contributed by atoms with Crippen LogP contribution in [0.1, 0.15) is 12.8 Å². The molecular formula is C8H12O2. The Bertz CT molecular complexity index is 141. The average Bonchev–Trinajstić information content (AvgIpc) is 2.60. The molecule has 2 nitrogen and oxygen atoms in total. The third-order valence-corrected chi connectivity index (χ3v) is 3.21. The van der Waals surface area contributed by atoms with Crippen LogP contribution >= 0.6 is 0 Å². The van der Waals surface area contributed by atoms with E-state index in [-0.39, 0.29) is 0 Å². The van der Waals surface area contributed by atoms with Gasteiger partial charge in [0.25, 0.3) is 0 Å². The Hall–Kier alpha value is -0.0800. The van der Waals surface area contributed by atoms with Crippen molar-refractivity contribution in [3.63, 3.8) is 0 Å². The van der Waals surface area contributed by atoms with Crippen molar-refractivity contribution in [1.82, 2.24) is 0 Å². The topological polar surface area (TPSA) is 18.5 Å². The Balaban J connectivity index is 1.92. The zero-order valence-electron chi connectivity index (χ0n) is 5.95. The van der Waals surface area contributed by atoms with Crippen molar-refractivity contribution < 1.29 is 9.47 Å². The van der Waals surface area contributed by atoms with Crippen molar-refractivity contribution in [3.05, 3.63) is 0 Å². The molecule has 0 spiro atoms. The van der Waals surface area contributed by atoms with Crippen LogP contribution in [0.5, 0.6) is 0 Å². The van der Waals surface area contributed by atoms with E-state index in [0.717, 1.165) is 25.0 Å². The van der Waals surface area contributed by atoms with Gasteiger partial charge >= 0.3 is 0 Å². The first-order chi connectivity index (χ1) is 4.95. The minimum Gasteiger partial charge on any atom is -0.381 e. The molecule has 2 heteroatoms. The van der Waals surface area contributed by atoms with E-state index in [1.165, 1.54) is 12.8 Å². The number of hydrogen-bond donors (Lipinski definition) is 0. The number of hydrogen-bond acceptors (Lipinski definition) is 2. The maximum Gasteiger partial charge on any atom is 0.0634 e. The van der Waals surface area contributed by atoms with Gasteiger partial charge in [0, 0.05) is 11.8 Å². The van der Waals surface area contributed by atoms with Gasteiger partial charge in [-0.2, -0.15) is 0 Å². The number of fused-ring (bicyclic) bond motifs is 5. The maximum atomic E-state index is 5.76. The summed E-state index contributed by atoms with van der Waals surface area (Å²) in [4.78, 5) is 0. The highest BCUT2D eigenvalue weighted by atomic mass is 16.5. The Labute approximate surface area is 60.5 Å². The minimum atomic E-state index is 0.567. The first kappa shape index (κ1) is 5.56. The van der Waals surface area contributed by atoms with Gasteiger partial charge in [0.1, 0.15) is 0 Å². The lowest BCUT2D eigenvalue weighted by molar-refractivity contribution is 0.0461. The molecule has 0 amide bonds. The fourth-order valence-electron chi connectivity index (χ4n) is 2.67. The van der Waals surface area contributed by atoms with Gasteiger partial charge in [-0.25, -0.2) is 0 Å². The summed E-state index contributed by atoms with van der Waals surface area (Å²) in [5.41, 5.74) is 0.